The van der Waals surface area contributed by atoms with Gasteiger partial charge in [0.25, 0.3) is 0 Å². The number of nitrogens with zero attached hydrogens (tertiary/aromatic N) is 3. The van der Waals surface area contributed by atoms with Gasteiger partial charge in [-0.25, -0.2) is 9.78 Å². The van der Waals surface area contributed by atoms with E-state index < -0.39 is 0 Å². The van der Waals surface area contributed by atoms with Gasteiger partial charge in [-0.2, -0.15) is 5.26 Å². The molecule has 6 heteroatoms. The maximum atomic E-state index is 13.3. The van der Waals surface area contributed by atoms with Crippen LogP contribution < -0.4 is 15.5 Å². The van der Waals surface area contributed by atoms with Crippen molar-refractivity contribution in [2.75, 3.05) is 16.8 Å². The Bertz CT molecular complexity index is 1230. The molecule has 0 spiro atoms. The second kappa shape index (κ2) is 14.3. The number of nitriles is 1. The average Bonchev–Trinajstić information content (AvgIpc) is 2.93. The summed E-state index contributed by atoms with van der Waals surface area (Å²) in [6.45, 7) is 9.14. The Labute approximate surface area is 220 Å². The molecule has 37 heavy (non-hydrogen) atoms. The molecule has 0 radical (unpaired) electrons. The van der Waals surface area contributed by atoms with Crippen molar-refractivity contribution < 1.29 is 4.79 Å². The lowest BCUT2D eigenvalue weighted by atomic mass is 10.1. The number of benzene rings is 2. The van der Waals surface area contributed by atoms with Crippen molar-refractivity contribution in [1.82, 2.24) is 10.3 Å². The number of allylic oxidation sites excluding steroid dienone is 3. The van der Waals surface area contributed by atoms with Crippen LogP contribution in [0.25, 0.3) is 5.57 Å². The van der Waals surface area contributed by atoms with Gasteiger partial charge in [-0.05, 0) is 61.6 Å². The first kappa shape index (κ1) is 27.2. The molecule has 3 rings (SSSR count). The minimum absolute atomic E-state index is 0.132. The predicted molar refractivity (Wildman–Crippen MR) is 152 cm³/mol. The van der Waals surface area contributed by atoms with Crippen LogP contribution in [0.15, 0.2) is 91.3 Å². The van der Waals surface area contributed by atoms with Gasteiger partial charge in [0.15, 0.2) is 0 Å². The Hall–Kier alpha value is -4.37. The largest absolute Gasteiger partial charge is 0.344 e. The summed E-state index contributed by atoms with van der Waals surface area (Å²) in [4.78, 5) is 19.4. The molecule has 1 heterocycles. The molecular formula is C31H35N5O. The van der Waals surface area contributed by atoms with Gasteiger partial charge in [0.2, 0.25) is 0 Å². The molecule has 3 aromatic rings. The highest BCUT2D eigenvalue weighted by Crippen LogP contribution is 2.21. The van der Waals surface area contributed by atoms with Crippen molar-refractivity contribution in [3.63, 3.8) is 0 Å². The third-order valence-electron chi connectivity index (χ3n) is 5.89. The molecule has 2 aromatic carbocycles. The number of carbonyl (C=O) groups is 1. The third kappa shape index (κ3) is 8.66. The lowest BCUT2D eigenvalue weighted by molar-refractivity contribution is 0.246. The van der Waals surface area contributed by atoms with E-state index in [-0.39, 0.29) is 6.03 Å². The first-order valence-electron chi connectivity index (χ1n) is 12.7. The number of pyridine rings is 1. The molecule has 0 unspecified atom stereocenters. The van der Waals surface area contributed by atoms with Crippen LogP contribution in [0.3, 0.4) is 0 Å². The molecule has 6 nitrogen and oxygen atoms in total. The number of rotatable bonds is 12. The minimum Gasteiger partial charge on any atom is -0.344 e. The van der Waals surface area contributed by atoms with Gasteiger partial charge in [0, 0.05) is 30.7 Å². The van der Waals surface area contributed by atoms with E-state index in [1.54, 1.807) is 17.2 Å². The second-order valence-corrected chi connectivity index (χ2v) is 8.91. The van der Waals surface area contributed by atoms with E-state index >= 15 is 0 Å². The summed E-state index contributed by atoms with van der Waals surface area (Å²) in [5.41, 5.74) is 5.52. The van der Waals surface area contributed by atoms with E-state index in [1.807, 2.05) is 67.6 Å². The maximum Gasteiger partial charge on any atom is 0.322 e. The molecule has 0 saturated carbocycles. The van der Waals surface area contributed by atoms with E-state index in [0.29, 0.717) is 24.5 Å². The van der Waals surface area contributed by atoms with Crippen LogP contribution in [0.4, 0.5) is 16.3 Å². The number of unbranched alkanes of at least 4 members (excludes halogenated alkanes) is 1. The molecule has 0 aliphatic rings. The van der Waals surface area contributed by atoms with Crippen molar-refractivity contribution in [3.05, 3.63) is 108 Å². The fourth-order valence-electron chi connectivity index (χ4n) is 3.80. The number of urea groups is 1. The fraction of sp³-hybridized carbons (Fsp3) is 0.258. The van der Waals surface area contributed by atoms with Crippen LogP contribution in [-0.4, -0.2) is 17.6 Å². The van der Waals surface area contributed by atoms with E-state index in [2.05, 4.69) is 41.3 Å². The zero-order valence-corrected chi connectivity index (χ0v) is 21.7. The van der Waals surface area contributed by atoms with Gasteiger partial charge in [-0.15, -0.1) is 0 Å². The van der Waals surface area contributed by atoms with Crippen LogP contribution >= 0.6 is 0 Å². The maximum absolute atomic E-state index is 13.3. The van der Waals surface area contributed by atoms with Crippen LogP contribution in [0, 0.1) is 11.3 Å². The summed E-state index contributed by atoms with van der Waals surface area (Å²) >= 11 is 0. The zero-order valence-electron chi connectivity index (χ0n) is 21.7. The molecule has 0 bridgehead atoms. The van der Waals surface area contributed by atoms with Gasteiger partial charge < -0.3 is 10.6 Å². The Morgan fingerprint density at radius 3 is 2.49 bits per heavy atom. The average molecular weight is 494 g/mol. The van der Waals surface area contributed by atoms with E-state index in [1.165, 1.54) is 0 Å². The van der Waals surface area contributed by atoms with Crippen molar-refractivity contribution in [3.8, 4) is 6.07 Å². The van der Waals surface area contributed by atoms with Crippen molar-refractivity contribution in [2.45, 2.75) is 46.1 Å². The van der Waals surface area contributed by atoms with Crippen LogP contribution in [0.5, 0.6) is 0 Å². The highest BCUT2D eigenvalue weighted by Gasteiger charge is 2.16. The Morgan fingerprint density at radius 1 is 1.11 bits per heavy atom. The molecule has 0 fully saturated rings. The molecule has 0 atom stereocenters. The SMILES string of the molecule is C=C(C)c1ccc(N(CCC/C(=C\CCC)Nc2ccc(C#N)cn2)C(=O)NCc2ccccc2)cc1. The summed E-state index contributed by atoms with van der Waals surface area (Å²) in [6, 6.07) is 23.4. The van der Waals surface area contributed by atoms with E-state index in [4.69, 9.17) is 5.26 Å². The number of anilines is 2. The van der Waals surface area contributed by atoms with Gasteiger partial charge in [0.1, 0.15) is 11.9 Å². The number of carbonyl (C=O) groups excluding carboxylic acids is 1. The minimum atomic E-state index is -0.132. The summed E-state index contributed by atoms with van der Waals surface area (Å²) < 4.78 is 0. The van der Waals surface area contributed by atoms with Crippen LogP contribution in [0.2, 0.25) is 0 Å². The summed E-state index contributed by atoms with van der Waals surface area (Å²) in [6.07, 6.45) is 7.25. The first-order valence-corrected chi connectivity index (χ1v) is 12.7. The highest BCUT2D eigenvalue weighted by atomic mass is 16.2. The van der Waals surface area contributed by atoms with E-state index in [0.717, 1.165) is 53.8 Å². The topological polar surface area (TPSA) is 81.1 Å². The zero-order chi connectivity index (χ0) is 26.5. The van der Waals surface area contributed by atoms with Crippen molar-refractivity contribution >= 4 is 23.1 Å². The standard InChI is InChI=1S/C31H35N5O/c1-4-5-12-28(35-30-19-14-26(21-32)23-33-30)13-9-20-36(29-17-15-27(16-18-29)24(2)3)31(37)34-22-25-10-7-6-8-11-25/h6-8,10-12,14-19,23H,2,4-5,9,13,20,22H2,1,3H3,(H,33,35)(H,34,37)/b28-12+. The summed E-state index contributed by atoms with van der Waals surface area (Å²) in [5.74, 6) is 0.703. The smallest absolute Gasteiger partial charge is 0.322 e. The Balaban J connectivity index is 1.70. The molecule has 0 saturated heterocycles. The molecule has 0 aliphatic carbocycles. The Kier molecular flexibility index (Phi) is 10.5. The summed E-state index contributed by atoms with van der Waals surface area (Å²) in [5, 5.41) is 15.5. The van der Waals surface area contributed by atoms with Crippen molar-refractivity contribution in [2.24, 2.45) is 0 Å². The van der Waals surface area contributed by atoms with Gasteiger partial charge in [0.05, 0.1) is 5.56 Å². The number of hydrogen-bond acceptors (Lipinski definition) is 4. The lowest BCUT2D eigenvalue weighted by Crippen LogP contribution is -2.40. The van der Waals surface area contributed by atoms with Crippen molar-refractivity contribution in [1.29, 1.82) is 5.26 Å². The van der Waals surface area contributed by atoms with Gasteiger partial charge in [-0.3, -0.25) is 4.90 Å². The molecule has 0 aliphatic heterocycles. The number of nitrogens with one attached hydrogen (secondary N) is 2. The monoisotopic (exact) mass is 493 g/mol. The molecule has 1 aromatic heterocycles. The van der Waals surface area contributed by atoms with E-state index in [9.17, 15) is 4.79 Å². The van der Waals surface area contributed by atoms with Gasteiger partial charge >= 0.3 is 6.03 Å². The lowest BCUT2D eigenvalue weighted by Gasteiger charge is -2.24. The number of hydrogen-bond donors (Lipinski definition) is 2. The van der Waals surface area contributed by atoms with Gasteiger partial charge in [-0.1, -0.05) is 74.0 Å². The molecule has 2 N–H and O–H groups in total. The number of aromatic nitrogens is 1. The normalized spacial score (nSPS) is 10.9. The fourth-order valence-corrected chi connectivity index (χ4v) is 3.80. The summed E-state index contributed by atoms with van der Waals surface area (Å²) in [7, 11) is 0. The molecular weight excluding hydrogens is 458 g/mol. The molecule has 2 amide bonds. The third-order valence-corrected chi connectivity index (χ3v) is 5.89. The first-order chi connectivity index (χ1) is 18.0. The van der Waals surface area contributed by atoms with Crippen LogP contribution in [-0.2, 0) is 6.54 Å². The van der Waals surface area contributed by atoms with Crippen LogP contribution in [0.1, 0.15) is 56.2 Å². The number of amides is 2. The Morgan fingerprint density at radius 2 is 1.86 bits per heavy atom. The second-order valence-electron chi connectivity index (χ2n) is 8.91. The highest BCUT2D eigenvalue weighted by molar-refractivity contribution is 5.92. The quantitative estimate of drug-likeness (QED) is 0.278. The predicted octanol–water partition coefficient (Wildman–Crippen LogP) is 7.28. The molecule has 190 valence electrons.